The third-order valence-corrected chi connectivity index (χ3v) is 7.08. The molecule has 0 aliphatic rings. The second kappa shape index (κ2) is 11.0. The summed E-state index contributed by atoms with van der Waals surface area (Å²) in [5.41, 5.74) is 0.798. The van der Waals surface area contributed by atoms with E-state index in [0.717, 1.165) is 23.9 Å². The molecule has 0 aromatic heterocycles. The molecule has 3 aromatic rings. The lowest BCUT2D eigenvalue weighted by molar-refractivity contribution is -0.385. The SMILES string of the molecule is Cc1ccc(S(=O)(=O)N(CC(=O)N/N=C\c2ccccc2[N+](=O)[O-])c2ccc(Cl)c(C(F)(F)F)c2)cc1. The van der Waals surface area contributed by atoms with E-state index < -0.39 is 49.8 Å². The van der Waals surface area contributed by atoms with Crippen molar-refractivity contribution in [3.05, 3.63) is 98.6 Å². The number of aryl methyl sites for hydroxylation is 1. The van der Waals surface area contributed by atoms with Crippen LogP contribution in [0, 0.1) is 17.0 Å². The highest BCUT2D eigenvalue weighted by Gasteiger charge is 2.35. The Morgan fingerprint density at radius 2 is 1.78 bits per heavy atom. The van der Waals surface area contributed by atoms with E-state index in [1.165, 1.54) is 48.5 Å². The topological polar surface area (TPSA) is 122 Å². The number of nitrogens with one attached hydrogen (secondary N) is 1. The van der Waals surface area contributed by atoms with Crippen molar-refractivity contribution in [1.29, 1.82) is 0 Å². The normalized spacial score (nSPS) is 11.9. The maximum atomic E-state index is 13.4. The molecule has 0 aliphatic heterocycles. The zero-order valence-corrected chi connectivity index (χ0v) is 20.5. The average molecular weight is 555 g/mol. The van der Waals surface area contributed by atoms with Crippen LogP contribution in [-0.4, -0.2) is 32.0 Å². The maximum Gasteiger partial charge on any atom is 0.417 e. The fraction of sp³-hybridized carbons (Fsp3) is 0.130. The Kier molecular flexibility index (Phi) is 8.18. The molecular weight excluding hydrogens is 537 g/mol. The van der Waals surface area contributed by atoms with E-state index in [1.807, 2.05) is 5.43 Å². The molecule has 1 N–H and O–H groups in total. The van der Waals surface area contributed by atoms with Gasteiger partial charge in [0, 0.05) is 6.07 Å². The van der Waals surface area contributed by atoms with Crippen molar-refractivity contribution in [2.45, 2.75) is 18.0 Å². The number of rotatable bonds is 8. The number of alkyl halides is 3. The molecule has 0 fully saturated rings. The molecule has 3 rings (SSSR count). The molecule has 9 nitrogen and oxygen atoms in total. The highest BCUT2D eigenvalue weighted by atomic mass is 35.5. The summed E-state index contributed by atoms with van der Waals surface area (Å²) in [7, 11) is -4.52. The first-order chi connectivity index (χ1) is 17.3. The second-order valence-electron chi connectivity index (χ2n) is 7.60. The molecule has 0 aliphatic carbocycles. The molecule has 0 unspecified atom stereocenters. The summed E-state index contributed by atoms with van der Waals surface area (Å²) in [5, 5.41) is 14.1. The third-order valence-electron chi connectivity index (χ3n) is 4.97. The van der Waals surface area contributed by atoms with Crippen molar-refractivity contribution in [2.24, 2.45) is 5.10 Å². The number of hydrogen-bond acceptors (Lipinski definition) is 6. The molecule has 0 saturated heterocycles. The molecule has 37 heavy (non-hydrogen) atoms. The van der Waals surface area contributed by atoms with Crippen molar-refractivity contribution < 1.29 is 31.3 Å². The van der Waals surface area contributed by atoms with Crippen LogP contribution in [0.5, 0.6) is 0 Å². The minimum absolute atomic E-state index is 0.0597. The molecule has 14 heteroatoms. The number of nitrogens with zero attached hydrogens (tertiary/aromatic N) is 3. The van der Waals surface area contributed by atoms with Crippen molar-refractivity contribution in [3.8, 4) is 0 Å². The van der Waals surface area contributed by atoms with E-state index in [-0.39, 0.29) is 16.1 Å². The number of carbonyl (C=O) groups is 1. The van der Waals surface area contributed by atoms with Gasteiger partial charge in [-0.1, -0.05) is 41.4 Å². The number of halogens is 4. The zero-order valence-electron chi connectivity index (χ0n) is 18.9. The van der Waals surface area contributed by atoms with Gasteiger partial charge in [-0.15, -0.1) is 0 Å². The van der Waals surface area contributed by atoms with E-state index in [0.29, 0.717) is 10.4 Å². The molecule has 1 amide bonds. The fourth-order valence-corrected chi connectivity index (χ4v) is 4.78. The Hall–Kier alpha value is -3.97. The molecule has 0 saturated carbocycles. The van der Waals surface area contributed by atoms with Crippen LogP contribution in [0.2, 0.25) is 5.02 Å². The first-order valence-electron chi connectivity index (χ1n) is 10.3. The molecule has 0 radical (unpaired) electrons. The van der Waals surface area contributed by atoms with Crippen molar-refractivity contribution in [1.82, 2.24) is 5.43 Å². The summed E-state index contributed by atoms with van der Waals surface area (Å²) >= 11 is 5.67. The molecule has 3 aromatic carbocycles. The van der Waals surface area contributed by atoms with Crippen LogP contribution >= 0.6 is 11.6 Å². The van der Waals surface area contributed by atoms with E-state index in [4.69, 9.17) is 11.6 Å². The quantitative estimate of drug-likeness (QED) is 0.240. The van der Waals surface area contributed by atoms with Crippen LogP contribution in [0.3, 0.4) is 0 Å². The lowest BCUT2D eigenvalue weighted by atomic mass is 10.2. The van der Waals surface area contributed by atoms with Gasteiger partial charge >= 0.3 is 6.18 Å². The van der Waals surface area contributed by atoms with Gasteiger partial charge < -0.3 is 0 Å². The summed E-state index contributed by atoms with van der Waals surface area (Å²) < 4.78 is 67.5. The zero-order chi connectivity index (χ0) is 27.4. The Morgan fingerprint density at radius 1 is 1.14 bits per heavy atom. The second-order valence-corrected chi connectivity index (χ2v) is 9.87. The molecule has 0 atom stereocenters. The smallest absolute Gasteiger partial charge is 0.271 e. The molecule has 0 spiro atoms. The largest absolute Gasteiger partial charge is 0.417 e. The van der Waals surface area contributed by atoms with E-state index in [9.17, 15) is 36.5 Å². The number of hydrogen-bond donors (Lipinski definition) is 1. The Labute approximate surface area is 214 Å². The molecule has 0 bridgehead atoms. The summed E-state index contributed by atoms with van der Waals surface area (Å²) in [6.45, 7) is 0.759. The van der Waals surface area contributed by atoms with Gasteiger partial charge in [-0.3, -0.25) is 19.2 Å². The van der Waals surface area contributed by atoms with E-state index in [2.05, 4.69) is 5.10 Å². The van der Waals surface area contributed by atoms with E-state index >= 15 is 0 Å². The minimum atomic E-state index is -4.89. The third kappa shape index (κ3) is 6.62. The van der Waals surface area contributed by atoms with Gasteiger partial charge in [0.15, 0.2) is 0 Å². The molecular formula is C23H18ClF3N4O5S. The number of benzene rings is 3. The van der Waals surface area contributed by atoms with Gasteiger partial charge in [0.2, 0.25) is 0 Å². The minimum Gasteiger partial charge on any atom is -0.271 e. The van der Waals surface area contributed by atoms with Crippen LogP contribution in [0.15, 0.2) is 76.7 Å². The standard InChI is InChI=1S/C23H18ClF3N4O5S/c1-15-6-9-18(10-7-15)37(35,36)30(17-8-11-20(24)19(12-17)23(25,26)27)14-22(32)29-28-13-16-4-2-3-5-21(16)31(33)34/h2-13H,14H2,1H3,(H,29,32)/b28-13-. The number of nitro groups is 1. The maximum absolute atomic E-state index is 13.4. The number of amides is 1. The lowest BCUT2D eigenvalue weighted by Gasteiger charge is -2.25. The highest BCUT2D eigenvalue weighted by molar-refractivity contribution is 7.92. The Morgan fingerprint density at radius 3 is 2.41 bits per heavy atom. The van der Waals surface area contributed by atoms with Crippen molar-refractivity contribution in [3.63, 3.8) is 0 Å². The summed E-state index contributed by atoms with van der Waals surface area (Å²) in [5.74, 6) is -1.02. The van der Waals surface area contributed by atoms with Crippen LogP contribution in [0.25, 0.3) is 0 Å². The molecule has 194 valence electrons. The predicted octanol–water partition coefficient (Wildman–Crippen LogP) is 4.92. The number of hydrazone groups is 1. The van der Waals surface area contributed by atoms with Gasteiger partial charge in [-0.05, 0) is 43.3 Å². The van der Waals surface area contributed by atoms with Gasteiger partial charge in [0.05, 0.1) is 37.9 Å². The van der Waals surface area contributed by atoms with Crippen LogP contribution in [-0.2, 0) is 21.0 Å². The summed E-state index contributed by atoms with van der Waals surface area (Å²) in [6.07, 6.45) is -3.90. The Balaban J connectivity index is 1.96. The predicted molar refractivity (Wildman–Crippen MR) is 131 cm³/mol. The van der Waals surface area contributed by atoms with Crippen LogP contribution in [0.4, 0.5) is 24.5 Å². The number of carbonyl (C=O) groups excluding carboxylic acids is 1. The average Bonchev–Trinajstić information content (AvgIpc) is 2.82. The highest BCUT2D eigenvalue weighted by Crippen LogP contribution is 2.38. The molecule has 0 heterocycles. The Bertz CT molecular complexity index is 1460. The first kappa shape index (κ1) is 27.6. The number of nitro benzene ring substituents is 1. The summed E-state index contributed by atoms with van der Waals surface area (Å²) in [6, 6.07) is 13.5. The van der Waals surface area contributed by atoms with Crippen LogP contribution in [0.1, 0.15) is 16.7 Å². The van der Waals surface area contributed by atoms with Crippen molar-refractivity contribution >= 4 is 45.1 Å². The number of sulfonamides is 1. The van der Waals surface area contributed by atoms with Crippen molar-refractivity contribution in [2.75, 3.05) is 10.8 Å². The fourth-order valence-electron chi connectivity index (χ4n) is 3.14. The van der Waals surface area contributed by atoms with Gasteiger partial charge in [-0.2, -0.15) is 18.3 Å². The first-order valence-corrected chi connectivity index (χ1v) is 12.1. The number of anilines is 1. The van der Waals surface area contributed by atoms with E-state index in [1.54, 1.807) is 6.92 Å². The van der Waals surface area contributed by atoms with Gasteiger partial charge in [0.25, 0.3) is 21.6 Å². The summed E-state index contributed by atoms with van der Waals surface area (Å²) in [4.78, 5) is 22.8. The lowest BCUT2D eigenvalue weighted by Crippen LogP contribution is -2.39. The monoisotopic (exact) mass is 554 g/mol. The van der Waals surface area contributed by atoms with Gasteiger partial charge in [-0.25, -0.2) is 13.8 Å². The van der Waals surface area contributed by atoms with Gasteiger partial charge in [0.1, 0.15) is 6.54 Å². The number of para-hydroxylation sites is 1. The van der Waals surface area contributed by atoms with Crippen LogP contribution < -0.4 is 9.73 Å².